The van der Waals surface area contributed by atoms with Crippen LogP contribution < -0.4 is 21.1 Å². The fraction of sp³-hybridized carbons (Fsp3) is 0.429. The van der Waals surface area contributed by atoms with E-state index >= 15 is 0 Å². The molecule has 7 aromatic rings. The van der Waals surface area contributed by atoms with E-state index in [0.717, 1.165) is 12.1 Å². The van der Waals surface area contributed by atoms with Gasteiger partial charge >= 0.3 is 0 Å². The molecule has 2 nitrogen and oxygen atoms in total. The summed E-state index contributed by atoms with van der Waals surface area (Å²) in [6.45, 7) is 36.2. The van der Waals surface area contributed by atoms with Crippen LogP contribution in [0.1, 0.15) is 167 Å². The summed E-state index contributed by atoms with van der Waals surface area (Å²) in [5, 5.41) is 6.80. The highest BCUT2D eigenvalue weighted by Crippen LogP contribution is 2.53. The van der Waals surface area contributed by atoms with Gasteiger partial charge in [-0.25, -0.2) is 0 Å². The molecule has 0 unspecified atom stereocenters. The van der Waals surface area contributed by atoms with Gasteiger partial charge in [-0.15, -0.1) is 11.3 Å². The van der Waals surface area contributed by atoms with Crippen molar-refractivity contribution < 1.29 is 0 Å². The summed E-state index contributed by atoms with van der Waals surface area (Å²) in [6.07, 6.45) is 7.07. The van der Waals surface area contributed by atoms with Gasteiger partial charge in [-0.2, -0.15) is 0 Å². The Morgan fingerprint density at radius 2 is 1.24 bits per heavy atom. The maximum Gasteiger partial charge on any atom is 0.197 e. The summed E-state index contributed by atoms with van der Waals surface area (Å²) in [5.74, 6) is 0. The molecule has 4 heteroatoms. The van der Waals surface area contributed by atoms with Gasteiger partial charge in [-0.05, 0) is 171 Å². The summed E-state index contributed by atoms with van der Waals surface area (Å²) in [7, 11) is 2.51. The van der Waals surface area contributed by atoms with Gasteiger partial charge in [0.15, 0.2) is 7.28 Å². The van der Waals surface area contributed by atoms with E-state index in [4.69, 9.17) is 0 Å². The first-order chi connectivity index (χ1) is 31.3. The number of nitrogens with zero attached hydrogens (tertiary/aromatic N) is 1. The molecule has 1 aromatic heterocycles. The van der Waals surface area contributed by atoms with Crippen molar-refractivity contribution in [2.45, 2.75) is 169 Å². The number of nitrogens with one attached hydrogen (secondary N) is 1. The topological polar surface area (TPSA) is 15.3 Å². The molecular formula is C63H74BN2S. The molecule has 0 atom stereocenters. The van der Waals surface area contributed by atoms with Gasteiger partial charge in [0.05, 0.1) is 10.4 Å². The van der Waals surface area contributed by atoms with Crippen molar-refractivity contribution in [2.24, 2.45) is 5.41 Å². The summed E-state index contributed by atoms with van der Waals surface area (Å²) < 4.78 is 2.69. The van der Waals surface area contributed by atoms with Crippen LogP contribution in [0.25, 0.3) is 31.3 Å². The number of anilines is 5. The van der Waals surface area contributed by atoms with Crippen molar-refractivity contribution >= 4 is 78.2 Å². The van der Waals surface area contributed by atoms with Crippen molar-refractivity contribution in [1.82, 2.24) is 0 Å². The Hall–Kier alpha value is -4.80. The van der Waals surface area contributed by atoms with Crippen LogP contribution in [-0.4, -0.2) is 7.28 Å². The van der Waals surface area contributed by atoms with Crippen molar-refractivity contribution in [1.29, 1.82) is 0 Å². The molecular weight excluding hydrogens is 828 g/mol. The van der Waals surface area contributed by atoms with Gasteiger partial charge in [-0.1, -0.05) is 156 Å². The molecule has 67 heavy (non-hydrogen) atoms. The quantitative estimate of drug-likeness (QED) is 0.160. The zero-order valence-electron chi connectivity index (χ0n) is 43.4. The minimum absolute atomic E-state index is 0.0000560. The lowest BCUT2D eigenvalue weighted by molar-refractivity contribution is 0.315. The number of hydrogen-bond donors (Lipinski definition) is 1. The number of aryl methyl sites for hydroxylation is 2. The molecule has 0 fully saturated rings. The monoisotopic (exact) mass is 902 g/mol. The van der Waals surface area contributed by atoms with Gasteiger partial charge in [0, 0.05) is 43.8 Å². The van der Waals surface area contributed by atoms with E-state index in [1.54, 1.807) is 0 Å². The molecule has 0 saturated heterocycles. The van der Waals surface area contributed by atoms with E-state index in [-0.39, 0.29) is 32.5 Å². The Morgan fingerprint density at radius 1 is 0.597 bits per heavy atom. The van der Waals surface area contributed by atoms with Crippen LogP contribution in [-0.2, 0) is 27.1 Å². The molecule has 345 valence electrons. The Labute approximate surface area is 408 Å². The second kappa shape index (κ2) is 15.6. The first-order valence-corrected chi connectivity index (χ1v) is 26.1. The zero-order valence-corrected chi connectivity index (χ0v) is 44.2. The van der Waals surface area contributed by atoms with Crippen LogP contribution in [0, 0.1) is 19.3 Å². The molecule has 0 spiro atoms. The van der Waals surface area contributed by atoms with E-state index in [1.165, 1.54) is 136 Å². The average molecular weight is 902 g/mol. The Balaban J connectivity index is 1.21. The highest BCUT2D eigenvalue weighted by molar-refractivity contribution is 7.26. The Kier molecular flexibility index (Phi) is 10.7. The van der Waals surface area contributed by atoms with Crippen molar-refractivity contribution in [2.75, 3.05) is 10.2 Å². The van der Waals surface area contributed by atoms with Crippen LogP contribution in [0.15, 0.2) is 97.1 Å². The number of rotatable bonds is 7. The van der Waals surface area contributed by atoms with Gasteiger partial charge in [0.1, 0.15) is 0 Å². The fourth-order valence-corrected chi connectivity index (χ4v) is 13.2. The van der Waals surface area contributed by atoms with Crippen molar-refractivity contribution in [3.63, 3.8) is 0 Å². The summed E-state index contributed by atoms with van der Waals surface area (Å²) in [4.78, 5) is 2.68. The van der Waals surface area contributed by atoms with Gasteiger partial charge in [-0.3, -0.25) is 0 Å². The van der Waals surface area contributed by atoms with E-state index in [2.05, 4.69) is 218 Å². The minimum Gasteiger partial charge on any atom is -0.355 e. The molecule has 0 bridgehead atoms. The number of thiophene rings is 1. The van der Waals surface area contributed by atoms with Gasteiger partial charge < -0.3 is 10.2 Å². The average Bonchev–Trinajstić information content (AvgIpc) is 3.64. The fourth-order valence-electron chi connectivity index (χ4n) is 11.9. The number of hydrogen-bond acceptors (Lipinski definition) is 3. The maximum atomic E-state index is 4.13. The van der Waals surface area contributed by atoms with Crippen molar-refractivity contribution in [3.8, 4) is 11.1 Å². The Morgan fingerprint density at radius 3 is 1.93 bits per heavy atom. The minimum atomic E-state index is -0.0000560. The molecule has 2 aliphatic carbocycles. The maximum absolute atomic E-state index is 4.13. The lowest BCUT2D eigenvalue weighted by Crippen LogP contribution is -2.41. The summed E-state index contributed by atoms with van der Waals surface area (Å²) in [5.41, 5.74) is 21.9. The molecule has 0 saturated carbocycles. The third-order valence-corrected chi connectivity index (χ3v) is 17.9. The number of benzene rings is 6. The lowest BCUT2D eigenvalue weighted by atomic mass is 9.57. The summed E-state index contributed by atoms with van der Waals surface area (Å²) >= 11 is 1.94. The van der Waals surface area contributed by atoms with Gasteiger partial charge in [0.2, 0.25) is 0 Å². The van der Waals surface area contributed by atoms with E-state index in [9.17, 15) is 0 Å². The summed E-state index contributed by atoms with van der Waals surface area (Å²) in [6, 6.07) is 38.4. The zero-order chi connectivity index (χ0) is 47.8. The second-order valence-electron chi connectivity index (χ2n) is 25.5. The van der Waals surface area contributed by atoms with Gasteiger partial charge in [0.25, 0.3) is 0 Å². The van der Waals surface area contributed by atoms with Crippen molar-refractivity contribution in [3.05, 3.63) is 136 Å². The first kappa shape index (κ1) is 46.0. The smallest absolute Gasteiger partial charge is 0.197 e. The molecule has 1 N–H and O–H groups in total. The third-order valence-electron chi connectivity index (χ3n) is 16.8. The molecule has 1 radical (unpaired) electrons. The van der Waals surface area contributed by atoms with E-state index in [0.29, 0.717) is 0 Å². The predicted molar refractivity (Wildman–Crippen MR) is 296 cm³/mol. The van der Waals surface area contributed by atoms with Crippen LogP contribution in [0.2, 0.25) is 0 Å². The molecule has 2 heterocycles. The first-order valence-electron chi connectivity index (χ1n) is 25.3. The largest absolute Gasteiger partial charge is 0.355 e. The van der Waals surface area contributed by atoms with Crippen LogP contribution in [0.4, 0.5) is 28.4 Å². The normalized spacial score (nSPS) is 17.9. The molecule has 6 aromatic carbocycles. The standard InChI is InChI=1S/C63H74BN2S/c1-38-32-45(42-22-20-40(59(6,7)27-26-58(3,4)5)35-51(42)65-41-21-24-46-48(36-41)62(12,13)29-28-60(46,8)9)55-53(33-38)66(52-37-49-47(34-39(52)2)61(10,11)30-31-63(49,14)15)56-50(64-55)25-23-44-43-18-16-17-19-54(43)67-57(44)56/h16-25,32-37,65H,26-31H2,1-15H3. The van der Waals surface area contributed by atoms with E-state index in [1.807, 2.05) is 11.3 Å². The number of fused-ring (bicyclic) bond motifs is 8. The Bertz CT molecular complexity index is 3130. The third kappa shape index (κ3) is 7.96. The lowest BCUT2D eigenvalue weighted by Gasteiger charge is -2.44. The van der Waals surface area contributed by atoms with E-state index < -0.39 is 0 Å². The molecule has 10 rings (SSSR count). The predicted octanol–water partition coefficient (Wildman–Crippen LogP) is 17.3. The van der Waals surface area contributed by atoms with Crippen LogP contribution in [0.5, 0.6) is 0 Å². The molecule has 0 amide bonds. The molecule has 1 aliphatic heterocycles. The van der Waals surface area contributed by atoms with Crippen LogP contribution >= 0.6 is 11.3 Å². The van der Waals surface area contributed by atoms with Crippen LogP contribution in [0.3, 0.4) is 0 Å². The highest BCUT2D eigenvalue weighted by Gasteiger charge is 2.40. The SMILES string of the molecule is Cc1cc(-c2ccc(C(C)(C)CCC(C)(C)C)cc2Nc2ccc3c(c2)C(C)(C)CCC3(C)C)c2c(c1)N(c1cc3c(cc1C)C(C)(C)CCC3(C)C)c1c(ccc3c1sc1ccccc13)[B]2. The molecule has 3 aliphatic rings. The second-order valence-corrected chi connectivity index (χ2v) is 26.6. The highest BCUT2D eigenvalue weighted by atomic mass is 32.1.